The van der Waals surface area contributed by atoms with Crippen LogP contribution < -0.4 is 5.32 Å². The Morgan fingerprint density at radius 2 is 2.17 bits per heavy atom. The molecule has 0 bridgehead atoms. The zero-order valence-electron chi connectivity index (χ0n) is 17.2. The van der Waals surface area contributed by atoms with Crippen molar-refractivity contribution in [1.82, 2.24) is 19.6 Å². The minimum atomic E-state index is -0.0307. The number of fused-ring (bicyclic) bond motifs is 1. The summed E-state index contributed by atoms with van der Waals surface area (Å²) in [5.74, 6) is 1.42. The second-order valence-electron chi connectivity index (χ2n) is 8.28. The van der Waals surface area contributed by atoms with Crippen molar-refractivity contribution in [2.75, 3.05) is 32.8 Å². The molecule has 29 heavy (non-hydrogen) atoms. The van der Waals surface area contributed by atoms with E-state index in [1.165, 1.54) is 19.3 Å². The van der Waals surface area contributed by atoms with Crippen LogP contribution >= 0.6 is 0 Å². The Hall–Kier alpha value is -2.18. The summed E-state index contributed by atoms with van der Waals surface area (Å²) in [6.45, 7) is 8.79. The summed E-state index contributed by atoms with van der Waals surface area (Å²) in [5.41, 5.74) is 2.45. The lowest BCUT2D eigenvalue weighted by atomic mass is 9.73. The van der Waals surface area contributed by atoms with Crippen molar-refractivity contribution >= 4 is 11.6 Å². The van der Waals surface area contributed by atoms with Crippen LogP contribution in [0, 0.1) is 11.8 Å². The summed E-state index contributed by atoms with van der Waals surface area (Å²) in [7, 11) is 0. The summed E-state index contributed by atoms with van der Waals surface area (Å²) in [4.78, 5) is 19.9. The molecule has 0 radical (unpaired) electrons. The molecule has 1 saturated heterocycles. The van der Waals surface area contributed by atoms with Crippen LogP contribution in [0.1, 0.15) is 48.3 Å². The first-order valence-electron chi connectivity index (χ1n) is 10.9. The number of allylic oxidation sites excluding steroid dienone is 1. The Kier molecular flexibility index (Phi) is 6.62. The van der Waals surface area contributed by atoms with E-state index in [1.54, 1.807) is 0 Å². The summed E-state index contributed by atoms with van der Waals surface area (Å²) >= 11 is 0. The molecular weight excluding hydrogens is 364 g/mol. The highest BCUT2D eigenvalue weighted by Gasteiger charge is 2.26. The molecule has 1 atom stereocenters. The van der Waals surface area contributed by atoms with E-state index in [2.05, 4.69) is 16.8 Å². The van der Waals surface area contributed by atoms with Crippen LogP contribution in [0.2, 0.25) is 0 Å². The molecule has 1 unspecified atom stereocenters. The largest absolute Gasteiger partial charge is 0.379 e. The molecule has 3 heterocycles. The Morgan fingerprint density at radius 1 is 1.34 bits per heavy atom. The van der Waals surface area contributed by atoms with Crippen molar-refractivity contribution in [3.05, 3.63) is 48.4 Å². The van der Waals surface area contributed by atoms with Gasteiger partial charge >= 0.3 is 0 Å². The second-order valence-corrected chi connectivity index (χ2v) is 8.28. The predicted molar refractivity (Wildman–Crippen MR) is 114 cm³/mol. The summed E-state index contributed by atoms with van der Waals surface area (Å²) in [6.07, 6.45) is 10.1. The van der Waals surface area contributed by atoms with Gasteiger partial charge in [0.25, 0.3) is 5.91 Å². The number of pyridine rings is 1. The van der Waals surface area contributed by atoms with Gasteiger partial charge in [0.1, 0.15) is 11.3 Å². The van der Waals surface area contributed by atoms with Crippen molar-refractivity contribution in [3.8, 4) is 0 Å². The maximum absolute atomic E-state index is 12.8. The molecule has 6 nitrogen and oxygen atoms in total. The van der Waals surface area contributed by atoms with Gasteiger partial charge in [0.15, 0.2) is 0 Å². The number of amides is 1. The van der Waals surface area contributed by atoms with E-state index in [0.717, 1.165) is 62.9 Å². The number of hydrogen-bond acceptors (Lipinski definition) is 4. The van der Waals surface area contributed by atoms with E-state index < -0.39 is 0 Å². The van der Waals surface area contributed by atoms with E-state index in [4.69, 9.17) is 9.72 Å². The molecule has 2 aromatic heterocycles. The summed E-state index contributed by atoms with van der Waals surface area (Å²) in [6, 6.07) is 5.73. The van der Waals surface area contributed by atoms with Crippen LogP contribution in [-0.4, -0.2) is 53.0 Å². The lowest BCUT2D eigenvalue weighted by molar-refractivity contribution is 0.0337. The summed E-state index contributed by atoms with van der Waals surface area (Å²) in [5, 5.41) is 3.12. The molecule has 2 aromatic rings. The minimum Gasteiger partial charge on any atom is -0.379 e. The minimum absolute atomic E-state index is 0.0307. The number of nitrogens with zero attached hydrogens (tertiary/aromatic N) is 3. The average Bonchev–Trinajstić information content (AvgIpc) is 3.09. The van der Waals surface area contributed by atoms with E-state index in [-0.39, 0.29) is 5.91 Å². The third-order valence-electron chi connectivity index (χ3n) is 6.35. The Labute approximate surface area is 172 Å². The number of ether oxygens (including phenoxy) is 1. The topological polar surface area (TPSA) is 58.9 Å². The molecule has 2 aliphatic rings. The van der Waals surface area contributed by atoms with Crippen LogP contribution in [0.3, 0.4) is 0 Å². The Bertz CT molecular complexity index is 837. The fourth-order valence-corrected chi connectivity index (χ4v) is 4.44. The smallest absolute Gasteiger partial charge is 0.268 e. The number of rotatable bonds is 9. The van der Waals surface area contributed by atoms with Gasteiger partial charge in [-0.1, -0.05) is 31.4 Å². The normalized spacial score (nSPS) is 19.0. The number of carbonyl (C=O) groups is 1. The van der Waals surface area contributed by atoms with Crippen molar-refractivity contribution in [2.24, 2.45) is 11.8 Å². The van der Waals surface area contributed by atoms with Gasteiger partial charge in [-0.25, -0.2) is 4.98 Å². The molecule has 1 N–H and O–H groups in total. The molecule has 1 amide bonds. The van der Waals surface area contributed by atoms with Crippen LogP contribution in [0.15, 0.2) is 37.1 Å². The lowest BCUT2D eigenvalue weighted by Gasteiger charge is -2.33. The molecule has 1 saturated carbocycles. The van der Waals surface area contributed by atoms with Crippen molar-refractivity contribution in [2.45, 2.75) is 38.6 Å². The van der Waals surface area contributed by atoms with E-state index in [0.29, 0.717) is 18.2 Å². The molecule has 0 aromatic carbocycles. The van der Waals surface area contributed by atoms with E-state index in [1.807, 2.05) is 34.9 Å². The third kappa shape index (κ3) is 4.87. The highest BCUT2D eigenvalue weighted by atomic mass is 16.5. The van der Waals surface area contributed by atoms with Gasteiger partial charge in [-0.15, -0.1) is 6.58 Å². The first-order valence-corrected chi connectivity index (χ1v) is 10.9. The summed E-state index contributed by atoms with van der Waals surface area (Å²) < 4.78 is 7.33. The Balaban J connectivity index is 1.38. The van der Waals surface area contributed by atoms with E-state index >= 15 is 0 Å². The van der Waals surface area contributed by atoms with Gasteiger partial charge in [0, 0.05) is 32.4 Å². The lowest BCUT2D eigenvalue weighted by Crippen LogP contribution is -2.35. The SMILES string of the molecule is C=CCC(CCNC(=O)c1cccc2nc(CN3CCOCC3)cn12)C1CCC1. The van der Waals surface area contributed by atoms with Gasteiger partial charge in [0.05, 0.1) is 18.9 Å². The van der Waals surface area contributed by atoms with Crippen LogP contribution in [0.5, 0.6) is 0 Å². The van der Waals surface area contributed by atoms with Gasteiger partial charge in [-0.2, -0.15) is 0 Å². The standard InChI is InChI=1S/C23H32N4O2/c1-2-5-18(19-6-3-7-19)10-11-24-23(28)21-8-4-9-22-25-20(17-27(21)22)16-26-12-14-29-15-13-26/h2,4,8-9,17-19H,1,3,5-7,10-16H2,(H,24,28). The maximum atomic E-state index is 12.8. The quantitative estimate of drug-likeness (QED) is 0.661. The van der Waals surface area contributed by atoms with Crippen molar-refractivity contribution < 1.29 is 9.53 Å². The van der Waals surface area contributed by atoms with Crippen LogP contribution in [0.4, 0.5) is 0 Å². The Morgan fingerprint density at radius 3 is 2.90 bits per heavy atom. The monoisotopic (exact) mass is 396 g/mol. The van der Waals surface area contributed by atoms with Gasteiger partial charge in [-0.3, -0.25) is 14.1 Å². The third-order valence-corrected chi connectivity index (χ3v) is 6.35. The second kappa shape index (κ2) is 9.55. The fourth-order valence-electron chi connectivity index (χ4n) is 4.44. The molecule has 0 spiro atoms. The zero-order chi connectivity index (χ0) is 20.1. The molecule has 1 aliphatic carbocycles. The number of imidazole rings is 1. The van der Waals surface area contributed by atoms with Gasteiger partial charge in [-0.05, 0) is 36.8 Å². The van der Waals surface area contributed by atoms with Crippen molar-refractivity contribution in [1.29, 1.82) is 0 Å². The number of carbonyl (C=O) groups excluding carboxylic acids is 1. The molecule has 4 rings (SSSR count). The number of aromatic nitrogens is 2. The van der Waals surface area contributed by atoms with Gasteiger partial charge in [0.2, 0.25) is 0 Å². The number of morpholine rings is 1. The van der Waals surface area contributed by atoms with Crippen LogP contribution in [0.25, 0.3) is 5.65 Å². The highest BCUT2D eigenvalue weighted by Crippen LogP contribution is 2.36. The molecule has 6 heteroatoms. The fraction of sp³-hybridized carbons (Fsp3) is 0.565. The molecule has 2 fully saturated rings. The van der Waals surface area contributed by atoms with E-state index in [9.17, 15) is 4.79 Å². The maximum Gasteiger partial charge on any atom is 0.268 e. The molecule has 1 aliphatic heterocycles. The first kappa shape index (κ1) is 20.1. The predicted octanol–water partition coefficient (Wildman–Crippen LogP) is 3.28. The number of nitrogens with one attached hydrogen (secondary N) is 1. The first-order chi connectivity index (χ1) is 14.2. The van der Waals surface area contributed by atoms with Gasteiger partial charge < -0.3 is 10.1 Å². The zero-order valence-corrected chi connectivity index (χ0v) is 17.2. The van der Waals surface area contributed by atoms with Crippen molar-refractivity contribution in [3.63, 3.8) is 0 Å². The molecule has 156 valence electrons. The highest BCUT2D eigenvalue weighted by molar-refractivity contribution is 5.93. The average molecular weight is 397 g/mol. The molecular formula is C23H32N4O2. The number of hydrogen-bond donors (Lipinski definition) is 1. The van der Waals surface area contributed by atoms with Crippen LogP contribution in [-0.2, 0) is 11.3 Å².